The zero-order valence-electron chi connectivity index (χ0n) is 15.5. The normalized spacial score (nSPS) is 30.5. The van der Waals surface area contributed by atoms with Crippen molar-refractivity contribution < 1.29 is 9.18 Å². The molecular formula is C20H29FN4O. The van der Waals surface area contributed by atoms with Gasteiger partial charge in [0.05, 0.1) is 6.04 Å². The Hall–Kier alpha value is -1.66. The van der Waals surface area contributed by atoms with E-state index in [4.69, 9.17) is 5.73 Å². The SMILES string of the molecule is CC(C(=O)N1CC2CCC(N)C2C1)N1CCN(c2ccc(F)cc2)CC1. The number of piperazine rings is 1. The lowest BCUT2D eigenvalue weighted by molar-refractivity contribution is -0.135. The summed E-state index contributed by atoms with van der Waals surface area (Å²) in [5, 5.41) is 0. The van der Waals surface area contributed by atoms with Crippen LogP contribution in [0.5, 0.6) is 0 Å². The van der Waals surface area contributed by atoms with Crippen molar-refractivity contribution in [3.63, 3.8) is 0 Å². The van der Waals surface area contributed by atoms with E-state index in [-0.39, 0.29) is 23.8 Å². The summed E-state index contributed by atoms with van der Waals surface area (Å²) in [6.45, 7) is 7.18. The fourth-order valence-corrected chi connectivity index (χ4v) is 4.93. The van der Waals surface area contributed by atoms with Gasteiger partial charge in [-0.3, -0.25) is 9.69 Å². The Morgan fingerprint density at radius 3 is 2.46 bits per heavy atom. The summed E-state index contributed by atoms with van der Waals surface area (Å²) < 4.78 is 13.1. The first kappa shape index (κ1) is 17.7. The molecule has 3 fully saturated rings. The number of amides is 1. The fraction of sp³-hybridized carbons (Fsp3) is 0.650. The lowest BCUT2D eigenvalue weighted by Crippen LogP contribution is -2.54. The quantitative estimate of drug-likeness (QED) is 0.888. The zero-order chi connectivity index (χ0) is 18.3. The third kappa shape index (κ3) is 3.32. The second-order valence-corrected chi connectivity index (χ2v) is 8.08. The molecule has 5 nitrogen and oxygen atoms in total. The molecule has 3 aliphatic rings. The van der Waals surface area contributed by atoms with E-state index in [0.717, 1.165) is 51.4 Å². The maximum atomic E-state index is 13.1. The molecule has 1 aliphatic carbocycles. The van der Waals surface area contributed by atoms with Gasteiger partial charge in [0.15, 0.2) is 0 Å². The van der Waals surface area contributed by atoms with Gasteiger partial charge >= 0.3 is 0 Å². The van der Waals surface area contributed by atoms with Crippen LogP contribution in [-0.2, 0) is 4.79 Å². The van der Waals surface area contributed by atoms with Crippen LogP contribution in [0.15, 0.2) is 24.3 Å². The number of anilines is 1. The molecule has 26 heavy (non-hydrogen) atoms. The van der Waals surface area contributed by atoms with E-state index < -0.39 is 0 Å². The van der Waals surface area contributed by atoms with Crippen LogP contribution in [0.3, 0.4) is 0 Å². The minimum absolute atomic E-state index is 0.0829. The van der Waals surface area contributed by atoms with E-state index in [1.54, 1.807) is 0 Å². The highest BCUT2D eigenvalue weighted by Crippen LogP contribution is 2.37. The largest absolute Gasteiger partial charge is 0.369 e. The molecule has 2 aliphatic heterocycles. The van der Waals surface area contributed by atoms with Crippen molar-refractivity contribution in [1.29, 1.82) is 0 Å². The molecule has 4 unspecified atom stereocenters. The molecule has 4 atom stereocenters. The van der Waals surface area contributed by atoms with E-state index in [0.29, 0.717) is 11.8 Å². The molecule has 1 saturated carbocycles. The Bertz CT molecular complexity index is 644. The van der Waals surface area contributed by atoms with Gasteiger partial charge in [-0.25, -0.2) is 4.39 Å². The Morgan fingerprint density at radius 1 is 1.12 bits per heavy atom. The van der Waals surface area contributed by atoms with Crippen molar-refractivity contribution >= 4 is 11.6 Å². The number of hydrogen-bond acceptors (Lipinski definition) is 4. The Labute approximate surface area is 154 Å². The van der Waals surface area contributed by atoms with E-state index >= 15 is 0 Å². The van der Waals surface area contributed by atoms with Crippen molar-refractivity contribution in [3.8, 4) is 0 Å². The lowest BCUT2D eigenvalue weighted by Gasteiger charge is -2.39. The summed E-state index contributed by atoms with van der Waals surface area (Å²) in [6, 6.07) is 6.84. The number of benzene rings is 1. The summed E-state index contributed by atoms with van der Waals surface area (Å²) >= 11 is 0. The number of nitrogens with zero attached hydrogens (tertiary/aromatic N) is 3. The monoisotopic (exact) mass is 360 g/mol. The molecule has 1 aromatic rings. The zero-order valence-corrected chi connectivity index (χ0v) is 15.5. The number of rotatable bonds is 3. The second-order valence-electron chi connectivity index (χ2n) is 8.08. The predicted octanol–water partition coefficient (Wildman–Crippen LogP) is 1.53. The molecule has 0 bridgehead atoms. The topological polar surface area (TPSA) is 52.8 Å². The number of nitrogens with two attached hydrogens (primary N) is 1. The van der Waals surface area contributed by atoms with Gasteiger partial charge in [0.25, 0.3) is 0 Å². The average molecular weight is 360 g/mol. The van der Waals surface area contributed by atoms with Crippen LogP contribution < -0.4 is 10.6 Å². The number of hydrogen-bond donors (Lipinski definition) is 1. The second kappa shape index (κ2) is 7.16. The number of halogens is 1. The minimum atomic E-state index is -0.207. The van der Waals surface area contributed by atoms with Crippen molar-refractivity contribution in [2.24, 2.45) is 17.6 Å². The molecule has 2 N–H and O–H groups in total. The van der Waals surface area contributed by atoms with Crippen molar-refractivity contribution in [3.05, 3.63) is 30.1 Å². The Kier molecular flexibility index (Phi) is 4.88. The molecule has 2 heterocycles. The minimum Gasteiger partial charge on any atom is -0.369 e. The molecule has 1 amide bonds. The van der Waals surface area contributed by atoms with Gasteiger partial charge in [0.2, 0.25) is 5.91 Å². The maximum absolute atomic E-state index is 13.1. The fourth-order valence-electron chi connectivity index (χ4n) is 4.93. The number of fused-ring (bicyclic) bond motifs is 1. The molecule has 0 spiro atoms. The van der Waals surface area contributed by atoms with Gasteiger partial charge < -0.3 is 15.5 Å². The maximum Gasteiger partial charge on any atom is 0.239 e. The van der Waals surface area contributed by atoms with Crippen molar-refractivity contribution in [1.82, 2.24) is 9.80 Å². The van der Waals surface area contributed by atoms with Crippen LogP contribution in [0.4, 0.5) is 10.1 Å². The molecule has 1 aromatic carbocycles. The van der Waals surface area contributed by atoms with E-state index in [2.05, 4.69) is 9.80 Å². The van der Waals surface area contributed by atoms with Crippen LogP contribution in [0, 0.1) is 17.7 Å². The van der Waals surface area contributed by atoms with Crippen LogP contribution >= 0.6 is 0 Å². The summed E-state index contributed by atoms with van der Waals surface area (Å²) in [4.78, 5) is 19.5. The highest BCUT2D eigenvalue weighted by Gasteiger charge is 2.43. The molecule has 2 saturated heterocycles. The van der Waals surface area contributed by atoms with Crippen LogP contribution in [-0.4, -0.2) is 67.1 Å². The Morgan fingerprint density at radius 2 is 1.81 bits per heavy atom. The first-order valence-corrected chi connectivity index (χ1v) is 9.82. The third-order valence-corrected chi connectivity index (χ3v) is 6.64. The lowest BCUT2D eigenvalue weighted by atomic mass is 9.98. The Balaban J connectivity index is 1.31. The summed E-state index contributed by atoms with van der Waals surface area (Å²) in [6.07, 6.45) is 2.28. The third-order valence-electron chi connectivity index (χ3n) is 6.64. The van der Waals surface area contributed by atoms with Gasteiger partial charge in [-0.2, -0.15) is 0 Å². The molecule has 0 radical (unpaired) electrons. The van der Waals surface area contributed by atoms with Gasteiger partial charge in [-0.15, -0.1) is 0 Å². The highest BCUT2D eigenvalue weighted by molar-refractivity contribution is 5.82. The standard InChI is InChI=1S/C20H29FN4O/c1-14(20(26)25-12-15-2-7-19(22)18(15)13-25)23-8-10-24(11-9-23)17-5-3-16(21)4-6-17/h3-6,14-15,18-19H,2,7-13,22H2,1H3. The number of carbonyl (C=O) groups excluding carboxylic acids is 1. The number of likely N-dealkylation sites (tertiary alicyclic amines) is 1. The predicted molar refractivity (Wildman–Crippen MR) is 100 cm³/mol. The molecule has 0 aromatic heterocycles. The average Bonchev–Trinajstić information content (AvgIpc) is 3.24. The highest BCUT2D eigenvalue weighted by atomic mass is 19.1. The molecule has 142 valence electrons. The molecule has 6 heteroatoms. The molecule has 4 rings (SSSR count). The summed E-state index contributed by atoms with van der Waals surface area (Å²) in [5.41, 5.74) is 7.25. The van der Waals surface area contributed by atoms with Crippen LogP contribution in [0.2, 0.25) is 0 Å². The first-order chi connectivity index (χ1) is 12.5. The van der Waals surface area contributed by atoms with E-state index in [9.17, 15) is 9.18 Å². The van der Waals surface area contributed by atoms with Gasteiger partial charge in [0, 0.05) is 51.0 Å². The summed E-state index contributed by atoms with van der Waals surface area (Å²) in [7, 11) is 0. The van der Waals surface area contributed by atoms with Crippen LogP contribution in [0.1, 0.15) is 19.8 Å². The van der Waals surface area contributed by atoms with Gasteiger partial charge in [-0.05, 0) is 55.9 Å². The molecular weight excluding hydrogens is 331 g/mol. The summed E-state index contributed by atoms with van der Waals surface area (Å²) in [5.74, 6) is 1.15. The van der Waals surface area contributed by atoms with Crippen molar-refractivity contribution in [2.75, 3.05) is 44.2 Å². The van der Waals surface area contributed by atoms with Crippen LogP contribution in [0.25, 0.3) is 0 Å². The van der Waals surface area contributed by atoms with Crippen molar-refractivity contribution in [2.45, 2.75) is 31.8 Å². The first-order valence-electron chi connectivity index (χ1n) is 9.82. The van der Waals surface area contributed by atoms with Gasteiger partial charge in [-0.1, -0.05) is 0 Å². The number of carbonyl (C=O) groups is 1. The van der Waals surface area contributed by atoms with Gasteiger partial charge in [0.1, 0.15) is 5.82 Å². The van der Waals surface area contributed by atoms with E-state index in [1.807, 2.05) is 24.0 Å². The smallest absolute Gasteiger partial charge is 0.239 e. The van der Waals surface area contributed by atoms with E-state index in [1.165, 1.54) is 18.6 Å².